The van der Waals surface area contributed by atoms with Crippen LogP contribution in [-0.2, 0) is 0 Å². The molecule has 0 bridgehead atoms. The van der Waals surface area contributed by atoms with Crippen LogP contribution in [0.25, 0.3) is 0 Å². The zero-order chi connectivity index (χ0) is 42.6. The summed E-state index contributed by atoms with van der Waals surface area (Å²) in [7, 11) is 0. The van der Waals surface area contributed by atoms with E-state index in [1.54, 1.807) is 0 Å². The summed E-state index contributed by atoms with van der Waals surface area (Å²) in [6.07, 6.45) is 49.8. The molecule has 0 rings (SSSR count). The van der Waals surface area contributed by atoms with Crippen LogP contribution in [0.3, 0.4) is 0 Å². The topological polar surface area (TPSA) is 135 Å². The molecule has 8 nitrogen and oxygen atoms in total. The molecule has 0 saturated carbocycles. The number of allylic oxidation sites excluding steroid dienone is 4. The summed E-state index contributed by atoms with van der Waals surface area (Å²) >= 11 is 0. The van der Waals surface area contributed by atoms with Crippen LogP contribution in [-0.4, -0.2) is 74.1 Å². The fourth-order valence-corrected chi connectivity index (χ4v) is 7.94. The SMILES string of the molecule is CCCCCCCC/C=C\CCCCCCCCN(CCCCN(CCCCCCCC/C=C\CCCCCCCC)CC(C)CN=C(N)N)CC(C)CN=C(N)N. The standard InChI is InChI=1S/C50H102N8/c1-5-7-9-11-13-15-17-19-21-23-25-27-29-31-33-35-39-57(45-47(3)43-55-49(51)52)41-37-38-42-58(46-48(4)44-56-50(53)54)40-36-34-32-30-28-26-24-22-20-18-16-14-12-10-8-6-2/h19-22,47-48H,5-18,23-46H2,1-4H3,(H4,51,52,55)(H4,53,54,56)/b21-19-,22-20-. The zero-order valence-corrected chi connectivity index (χ0v) is 39.4. The van der Waals surface area contributed by atoms with Gasteiger partial charge in [-0.25, -0.2) is 0 Å². The highest BCUT2D eigenvalue weighted by Gasteiger charge is 2.13. The molecule has 0 aromatic heterocycles. The summed E-state index contributed by atoms with van der Waals surface area (Å²) in [4.78, 5) is 14.0. The van der Waals surface area contributed by atoms with Gasteiger partial charge in [0.15, 0.2) is 11.9 Å². The number of hydrogen-bond acceptors (Lipinski definition) is 4. The van der Waals surface area contributed by atoms with Crippen molar-refractivity contribution in [3.05, 3.63) is 24.3 Å². The second kappa shape index (κ2) is 44.5. The van der Waals surface area contributed by atoms with Crippen LogP contribution in [0.2, 0.25) is 0 Å². The predicted molar refractivity (Wildman–Crippen MR) is 261 cm³/mol. The molecule has 0 aliphatic rings. The van der Waals surface area contributed by atoms with Gasteiger partial charge < -0.3 is 32.7 Å². The molecule has 0 aliphatic carbocycles. The minimum atomic E-state index is 0.197. The molecule has 0 heterocycles. The van der Waals surface area contributed by atoms with Crippen LogP contribution in [0.15, 0.2) is 34.3 Å². The summed E-state index contributed by atoms with van der Waals surface area (Å²) in [5.41, 5.74) is 22.6. The number of nitrogens with zero attached hydrogens (tertiary/aromatic N) is 4. The molecule has 2 unspecified atom stereocenters. The maximum absolute atomic E-state index is 5.66. The second-order valence-electron chi connectivity index (χ2n) is 17.9. The van der Waals surface area contributed by atoms with Crippen molar-refractivity contribution in [2.75, 3.05) is 52.4 Å². The van der Waals surface area contributed by atoms with Crippen molar-refractivity contribution in [3.63, 3.8) is 0 Å². The maximum Gasteiger partial charge on any atom is 0.185 e. The Balaban J connectivity index is 4.54. The van der Waals surface area contributed by atoms with Gasteiger partial charge in [-0.1, -0.05) is 168 Å². The van der Waals surface area contributed by atoms with Crippen molar-refractivity contribution in [2.24, 2.45) is 44.8 Å². The lowest BCUT2D eigenvalue weighted by Crippen LogP contribution is -2.34. The fraction of sp³-hybridized carbons (Fsp3) is 0.880. The molecule has 0 spiro atoms. The monoisotopic (exact) mass is 815 g/mol. The van der Waals surface area contributed by atoms with Gasteiger partial charge in [0, 0.05) is 26.2 Å². The van der Waals surface area contributed by atoms with Crippen molar-refractivity contribution in [3.8, 4) is 0 Å². The molecule has 0 amide bonds. The van der Waals surface area contributed by atoms with Crippen LogP contribution in [0.1, 0.15) is 220 Å². The van der Waals surface area contributed by atoms with E-state index in [1.165, 1.54) is 206 Å². The first-order valence-electron chi connectivity index (χ1n) is 25.1. The van der Waals surface area contributed by atoms with Crippen molar-refractivity contribution in [1.29, 1.82) is 0 Å². The first kappa shape index (κ1) is 55.9. The molecule has 342 valence electrons. The Morgan fingerprint density at radius 3 is 0.897 bits per heavy atom. The first-order valence-corrected chi connectivity index (χ1v) is 25.1. The molecule has 8 heteroatoms. The molecule has 0 aromatic rings. The van der Waals surface area contributed by atoms with Gasteiger partial charge in [0.05, 0.1) is 0 Å². The van der Waals surface area contributed by atoms with Gasteiger partial charge in [-0.3, -0.25) is 9.98 Å². The van der Waals surface area contributed by atoms with Gasteiger partial charge >= 0.3 is 0 Å². The van der Waals surface area contributed by atoms with Crippen LogP contribution in [0, 0.1) is 11.8 Å². The lowest BCUT2D eigenvalue weighted by Gasteiger charge is -2.27. The largest absolute Gasteiger partial charge is 0.370 e. The van der Waals surface area contributed by atoms with Gasteiger partial charge in [-0.05, 0) is 115 Å². The van der Waals surface area contributed by atoms with Crippen molar-refractivity contribution >= 4 is 11.9 Å². The molecular formula is C50H102N8. The average molecular weight is 815 g/mol. The first-order chi connectivity index (χ1) is 28.3. The van der Waals surface area contributed by atoms with Gasteiger partial charge in [0.2, 0.25) is 0 Å². The molecule has 0 aromatic carbocycles. The minimum absolute atomic E-state index is 0.197. The third-order valence-corrected chi connectivity index (χ3v) is 11.5. The van der Waals surface area contributed by atoms with E-state index >= 15 is 0 Å². The van der Waals surface area contributed by atoms with Gasteiger partial charge in [0.1, 0.15) is 0 Å². The third kappa shape index (κ3) is 43.5. The van der Waals surface area contributed by atoms with E-state index in [2.05, 4.69) is 71.8 Å². The van der Waals surface area contributed by atoms with E-state index in [0.717, 1.165) is 26.2 Å². The number of hydrogen-bond donors (Lipinski definition) is 4. The molecular weight excluding hydrogens is 713 g/mol. The third-order valence-electron chi connectivity index (χ3n) is 11.5. The van der Waals surface area contributed by atoms with Gasteiger partial charge in [0.25, 0.3) is 0 Å². The van der Waals surface area contributed by atoms with E-state index in [1.807, 2.05) is 0 Å². The lowest BCUT2D eigenvalue weighted by molar-refractivity contribution is 0.207. The molecule has 0 fully saturated rings. The Labute approximate surface area is 362 Å². The quantitative estimate of drug-likeness (QED) is 0.0209. The van der Waals surface area contributed by atoms with Gasteiger partial charge in [-0.15, -0.1) is 0 Å². The van der Waals surface area contributed by atoms with E-state index in [4.69, 9.17) is 22.9 Å². The van der Waals surface area contributed by atoms with E-state index in [-0.39, 0.29) is 11.9 Å². The molecule has 0 saturated heterocycles. The number of guanidine groups is 2. The summed E-state index contributed by atoms with van der Waals surface area (Å²) in [6.45, 7) is 17.2. The molecule has 58 heavy (non-hydrogen) atoms. The predicted octanol–water partition coefficient (Wildman–Crippen LogP) is 12.3. The molecule has 8 N–H and O–H groups in total. The van der Waals surface area contributed by atoms with Crippen LogP contribution >= 0.6 is 0 Å². The Morgan fingerprint density at radius 1 is 0.379 bits per heavy atom. The van der Waals surface area contributed by atoms with E-state index in [9.17, 15) is 0 Å². The van der Waals surface area contributed by atoms with E-state index in [0.29, 0.717) is 24.9 Å². The van der Waals surface area contributed by atoms with Crippen molar-refractivity contribution in [2.45, 2.75) is 220 Å². The molecule has 2 atom stereocenters. The second-order valence-corrected chi connectivity index (χ2v) is 17.9. The number of nitrogens with two attached hydrogens (primary N) is 4. The average Bonchev–Trinajstić information content (AvgIpc) is 3.20. The Kier molecular flexibility index (Phi) is 42.9. The summed E-state index contributed by atoms with van der Waals surface area (Å²) in [5.74, 6) is 1.27. The fourth-order valence-electron chi connectivity index (χ4n) is 7.94. The maximum atomic E-state index is 5.66. The Morgan fingerprint density at radius 2 is 0.621 bits per heavy atom. The summed E-state index contributed by atoms with van der Waals surface area (Å²) < 4.78 is 0. The summed E-state index contributed by atoms with van der Waals surface area (Å²) in [6, 6.07) is 0. The minimum Gasteiger partial charge on any atom is -0.370 e. The number of aliphatic imine (C=N–C) groups is 2. The molecule has 0 radical (unpaired) electrons. The Hall–Kier alpha value is -2.06. The molecule has 0 aliphatic heterocycles. The highest BCUT2D eigenvalue weighted by molar-refractivity contribution is 5.75. The lowest BCUT2D eigenvalue weighted by atomic mass is 10.1. The smallest absolute Gasteiger partial charge is 0.185 e. The highest BCUT2D eigenvalue weighted by Crippen LogP contribution is 2.14. The zero-order valence-electron chi connectivity index (χ0n) is 39.4. The van der Waals surface area contributed by atoms with Crippen molar-refractivity contribution in [1.82, 2.24) is 9.80 Å². The summed E-state index contributed by atoms with van der Waals surface area (Å²) in [5, 5.41) is 0. The number of unbranched alkanes of at least 4 members (excludes halogenated alkanes) is 25. The van der Waals surface area contributed by atoms with Crippen molar-refractivity contribution < 1.29 is 0 Å². The van der Waals surface area contributed by atoms with E-state index < -0.39 is 0 Å². The normalized spacial score (nSPS) is 13.0. The van der Waals surface area contributed by atoms with Crippen LogP contribution < -0.4 is 22.9 Å². The van der Waals surface area contributed by atoms with Crippen LogP contribution in [0.5, 0.6) is 0 Å². The van der Waals surface area contributed by atoms with Gasteiger partial charge in [-0.2, -0.15) is 0 Å². The Bertz CT molecular complexity index is 879. The van der Waals surface area contributed by atoms with Crippen LogP contribution in [0.4, 0.5) is 0 Å². The number of rotatable bonds is 45. The highest BCUT2D eigenvalue weighted by atomic mass is 15.1.